The number of hydrogen-bond acceptors (Lipinski definition) is 4. The molecule has 19 heavy (non-hydrogen) atoms. The van der Waals surface area contributed by atoms with Gasteiger partial charge < -0.3 is 10.7 Å². The van der Waals surface area contributed by atoms with Crippen LogP contribution in [0.15, 0.2) is 33.6 Å². The first-order valence-corrected chi connectivity index (χ1v) is 6.66. The Morgan fingerprint density at radius 1 is 1.26 bits per heavy atom. The number of amides is 1. The van der Waals surface area contributed by atoms with Gasteiger partial charge in [0.25, 0.3) is 15.9 Å². The second kappa shape index (κ2) is 3.51. The number of nitrogens with zero attached hydrogens (tertiary/aromatic N) is 1. The third-order valence-electron chi connectivity index (χ3n) is 2.80. The third-order valence-corrected chi connectivity index (χ3v) is 4.17. The number of ketones is 1. The van der Waals surface area contributed by atoms with Crippen LogP contribution >= 0.6 is 0 Å². The van der Waals surface area contributed by atoms with E-state index in [9.17, 15) is 18.0 Å². The molecule has 0 unspecified atom stereocenters. The molecule has 2 heterocycles. The molecule has 1 aromatic carbocycles. The monoisotopic (exact) mass is 277 g/mol. The number of sulfonamides is 1. The summed E-state index contributed by atoms with van der Waals surface area (Å²) in [6.45, 7) is 0. The van der Waals surface area contributed by atoms with Crippen LogP contribution in [-0.4, -0.2) is 30.8 Å². The Bertz CT molecular complexity index is 876. The number of aromatic amines is 1. The van der Waals surface area contributed by atoms with Crippen LogP contribution in [0, 0.1) is 0 Å². The molecule has 0 saturated carbocycles. The van der Waals surface area contributed by atoms with Gasteiger partial charge in [-0.1, -0.05) is 18.2 Å². The maximum absolute atomic E-state index is 12.0. The summed E-state index contributed by atoms with van der Waals surface area (Å²) in [7, 11) is -4.12. The highest BCUT2D eigenvalue weighted by molar-refractivity contribution is 7.91. The quantitative estimate of drug-likeness (QED) is 0.760. The fraction of sp³-hybridized carbons (Fsp3) is 0. The van der Waals surface area contributed by atoms with Crippen molar-refractivity contribution in [3.63, 3.8) is 0 Å². The first-order chi connectivity index (χ1) is 8.92. The van der Waals surface area contributed by atoms with Crippen molar-refractivity contribution in [2.45, 2.75) is 4.90 Å². The average Bonchev–Trinajstić information content (AvgIpc) is 2.74. The summed E-state index contributed by atoms with van der Waals surface area (Å²) in [5, 5.41) is 0.359. The second-order valence-corrected chi connectivity index (χ2v) is 5.52. The Morgan fingerprint density at radius 3 is 2.63 bits per heavy atom. The lowest BCUT2D eigenvalue weighted by Gasteiger charge is -2.09. The number of carbonyl (C=O) groups is 2. The minimum absolute atomic E-state index is 0.176. The lowest BCUT2D eigenvalue weighted by atomic mass is 10.1. The number of hydrogen-bond donors (Lipinski definition) is 2. The summed E-state index contributed by atoms with van der Waals surface area (Å²) in [6.07, 6.45) is 0. The smallest absolute Gasteiger partial charge is 0.286 e. The van der Waals surface area contributed by atoms with E-state index >= 15 is 0 Å². The van der Waals surface area contributed by atoms with Gasteiger partial charge in [-0.15, -0.1) is 4.40 Å². The van der Waals surface area contributed by atoms with Crippen molar-refractivity contribution >= 4 is 38.3 Å². The van der Waals surface area contributed by atoms with Crippen LogP contribution in [-0.2, 0) is 14.8 Å². The van der Waals surface area contributed by atoms with Crippen molar-refractivity contribution in [2.24, 2.45) is 10.1 Å². The molecule has 1 aromatic heterocycles. The van der Waals surface area contributed by atoms with Gasteiger partial charge in [0, 0.05) is 10.9 Å². The molecule has 1 aliphatic heterocycles. The average molecular weight is 277 g/mol. The normalized spacial score (nSPS) is 17.1. The molecule has 1 aliphatic rings. The highest BCUT2D eigenvalue weighted by Crippen LogP contribution is 2.31. The summed E-state index contributed by atoms with van der Waals surface area (Å²) in [5.41, 5.74) is 4.48. The molecule has 3 N–H and O–H groups in total. The molecule has 96 valence electrons. The molecule has 7 nitrogen and oxygen atoms in total. The zero-order valence-corrected chi connectivity index (χ0v) is 10.2. The first kappa shape index (κ1) is 11.6. The van der Waals surface area contributed by atoms with Crippen molar-refractivity contribution in [1.82, 2.24) is 4.98 Å². The fourth-order valence-corrected chi connectivity index (χ4v) is 3.39. The van der Waals surface area contributed by atoms with Gasteiger partial charge in [-0.3, -0.25) is 9.59 Å². The predicted molar refractivity (Wildman–Crippen MR) is 66.4 cm³/mol. The number of rotatable bonds is 1. The van der Waals surface area contributed by atoms with Gasteiger partial charge in [0.05, 0.1) is 0 Å². The Balaban J connectivity index is 2.45. The van der Waals surface area contributed by atoms with E-state index in [-0.39, 0.29) is 10.6 Å². The molecule has 0 aliphatic carbocycles. The van der Waals surface area contributed by atoms with Crippen molar-refractivity contribution in [1.29, 1.82) is 0 Å². The molecule has 0 spiro atoms. The number of nitrogens with two attached hydrogens (primary N) is 1. The molecule has 0 fully saturated rings. The number of fused-ring (bicyclic) bond motifs is 3. The van der Waals surface area contributed by atoms with E-state index in [2.05, 4.69) is 9.38 Å². The largest absolute Gasteiger partial charge is 0.364 e. The van der Waals surface area contributed by atoms with Crippen LogP contribution < -0.4 is 5.73 Å². The number of aromatic nitrogens is 1. The molecule has 0 saturated heterocycles. The summed E-state index contributed by atoms with van der Waals surface area (Å²) < 4.78 is 27.3. The number of benzene rings is 1. The number of Topliss-reactive ketones (excluding diaryl/α,β-unsaturated/α-hetero) is 1. The maximum atomic E-state index is 12.0. The van der Waals surface area contributed by atoms with Crippen molar-refractivity contribution in [3.05, 3.63) is 30.0 Å². The van der Waals surface area contributed by atoms with Gasteiger partial charge in [0.15, 0.2) is 5.71 Å². The van der Waals surface area contributed by atoms with E-state index in [0.717, 1.165) is 0 Å². The van der Waals surface area contributed by atoms with Gasteiger partial charge in [0.2, 0.25) is 5.78 Å². The number of H-pyrrole nitrogens is 1. The van der Waals surface area contributed by atoms with Gasteiger partial charge in [-0.05, 0) is 6.07 Å². The minimum atomic E-state index is -4.12. The molecular formula is C11H7N3O4S. The van der Waals surface area contributed by atoms with Gasteiger partial charge >= 0.3 is 0 Å². The highest BCUT2D eigenvalue weighted by Gasteiger charge is 2.37. The van der Waals surface area contributed by atoms with Crippen molar-refractivity contribution < 1.29 is 18.0 Å². The van der Waals surface area contributed by atoms with Crippen LogP contribution in [0.2, 0.25) is 0 Å². The summed E-state index contributed by atoms with van der Waals surface area (Å²) in [6, 6.07) is 6.52. The van der Waals surface area contributed by atoms with Gasteiger partial charge in [-0.2, -0.15) is 8.42 Å². The van der Waals surface area contributed by atoms with Crippen LogP contribution in [0.3, 0.4) is 0 Å². The van der Waals surface area contributed by atoms with E-state index in [0.29, 0.717) is 10.9 Å². The first-order valence-electron chi connectivity index (χ1n) is 5.22. The molecule has 3 rings (SSSR count). The summed E-state index contributed by atoms with van der Waals surface area (Å²) in [5.74, 6) is -1.98. The molecular weight excluding hydrogens is 270 g/mol. The van der Waals surface area contributed by atoms with E-state index in [1.807, 2.05) is 0 Å². The molecule has 0 bridgehead atoms. The number of nitrogens with one attached hydrogen (secondary N) is 1. The number of para-hydroxylation sites is 1. The lowest BCUT2D eigenvalue weighted by Crippen LogP contribution is -2.35. The lowest BCUT2D eigenvalue weighted by molar-refractivity contribution is -0.111. The van der Waals surface area contributed by atoms with Crippen LogP contribution in [0.5, 0.6) is 0 Å². The third kappa shape index (κ3) is 1.50. The van der Waals surface area contributed by atoms with E-state index in [1.165, 1.54) is 0 Å². The Labute approximate surface area is 107 Å². The number of carbonyl (C=O) groups excluding carboxylic acids is 2. The van der Waals surface area contributed by atoms with E-state index < -0.39 is 27.4 Å². The predicted octanol–water partition coefficient (Wildman–Crippen LogP) is -0.0208. The van der Waals surface area contributed by atoms with Crippen molar-refractivity contribution in [2.75, 3.05) is 0 Å². The van der Waals surface area contributed by atoms with Gasteiger partial charge in [-0.25, -0.2) is 0 Å². The topological polar surface area (TPSA) is 122 Å². The zero-order valence-electron chi connectivity index (χ0n) is 9.38. The Kier molecular flexibility index (Phi) is 2.14. The summed E-state index contributed by atoms with van der Waals surface area (Å²) >= 11 is 0. The minimum Gasteiger partial charge on any atom is -0.364 e. The molecule has 0 atom stereocenters. The standard InChI is InChI=1S/C11H7N3O4S/c12-11(16)8-9(15)7-10(19(17,18)14-8)5-3-1-2-4-6(5)13-7/h1-4,13H,(H2,12,16). The Morgan fingerprint density at radius 2 is 1.95 bits per heavy atom. The van der Waals surface area contributed by atoms with Gasteiger partial charge in [0.1, 0.15) is 10.6 Å². The SMILES string of the molecule is NC(=O)C1=NS(=O)(=O)c2c([nH]c3ccccc23)C1=O. The Hall–Kier alpha value is -2.48. The molecule has 8 heteroatoms. The molecule has 2 aromatic rings. The molecule has 0 radical (unpaired) electrons. The summed E-state index contributed by atoms with van der Waals surface area (Å²) in [4.78, 5) is 25.5. The maximum Gasteiger partial charge on any atom is 0.286 e. The van der Waals surface area contributed by atoms with E-state index in [1.54, 1.807) is 24.3 Å². The zero-order chi connectivity index (χ0) is 13.8. The van der Waals surface area contributed by atoms with E-state index in [4.69, 9.17) is 5.73 Å². The van der Waals surface area contributed by atoms with Crippen LogP contribution in [0.4, 0.5) is 0 Å². The van der Waals surface area contributed by atoms with Crippen LogP contribution in [0.1, 0.15) is 10.5 Å². The molecule has 1 amide bonds. The van der Waals surface area contributed by atoms with Crippen LogP contribution in [0.25, 0.3) is 10.9 Å². The second-order valence-electron chi connectivity index (χ2n) is 3.98. The fourth-order valence-electron chi connectivity index (χ4n) is 2.03. The number of primary amides is 1. The highest BCUT2D eigenvalue weighted by atomic mass is 32.2. The van der Waals surface area contributed by atoms with Crippen molar-refractivity contribution in [3.8, 4) is 0 Å².